The molecule has 5 nitrogen and oxygen atoms in total. The maximum absolute atomic E-state index is 11.8. The Morgan fingerprint density at radius 2 is 1.89 bits per heavy atom. The molecule has 0 saturated carbocycles. The molecule has 1 unspecified atom stereocenters. The molecule has 0 fully saturated rings. The van der Waals surface area contributed by atoms with Crippen molar-refractivity contribution in [3.8, 4) is 0 Å². The fourth-order valence-corrected chi connectivity index (χ4v) is 1.66. The first-order chi connectivity index (χ1) is 8.49. The van der Waals surface area contributed by atoms with Gasteiger partial charge in [0.1, 0.15) is 0 Å². The molecule has 0 aliphatic carbocycles. The Balaban J connectivity index is 2.44. The lowest BCUT2D eigenvalue weighted by Gasteiger charge is -2.16. The average molecular weight is 249 g/mol. The summed E-state index contributed by atoms with van der Waals surface area (Å²) in [6, 6.07) is 8.62. The van der Waals surface area contributed by atoms with E-state index < -0.39 is 11.9 Å². The number of rotatable bonds is 6. The van der Waals surface area contributed by atoms with Crippen molar-refractivity contribution in [1.82, 2.24) is 5.32 Å². The third-order valence-corrected chi connectivity index (χ3v) is 2.53. The minimum Gasteiger partial charge on any atom is -0.370 e. The van der Waals surface area contributed by atoms with Crippen LogP contribution >= 0.6 is 0 Å². The van der Waals surface area contributed by atoms with Gasteiger partial charge in [-0.05, 0) is 18.9 Å². The van der Waals surface area contributed by atoms with Gasteiger partial charge < -0.3 is 16.8 Å². The van der Waals surface area contributed by atoms with Crippen molar-refractivity contribution < 1.29 is 9.59 Å². The molecule has 1 aromatic carbocycles. The summed E-state index contributed by atoms with van der Waals surface area (Å²) in [4.78, 5) is 22.4. The Bertz CT molecular complexity index is 406. The van der Waals surface area contributed by atoms with Crippen LogP contribution in [0.4, 0.5) is 0 Å². The van der Waals surface area contributed by atoms with Crippen LogP contribution in [0.15, 0.2) is 30.3 Å². The molecule has 1 aromatic rings. The average Bonchev–Trinajstić information content (AvgIpc) is 2.28. The summed E-state index contributed by atoms with van der Waals surface area (Å²) in [6.07, 6.45) is 0.583. The standard InChI is InChI=1S/C13H19N3O2/c1-9(7-12(15)17)16-13(18)11(14)8-10-5-3-2-4-6-10/h2-6,9,11H,7-8,14H2,1H3,(H2,15,17)(H,16,18)/t9?,11-/m1/s1. The fourth-order valence-electron chi connectivity index (χ4n) is 1.66. The summed E-state index contributed by atoms with van der Waals surface area (Å²) < 4.78 is 0. The molecule has 2 atom stereocenters. The SMILES string of the molecule is CC(CC(N)=O)NC(=O)[C@H](N)Cc1ccccc1. The molecule has 18 heavy (non-hydrogen) atoms. The molecular formula is C13H19N3O2. The van der Waals surface area contributed by atoms with Crippen molar-refractivity contribution in [2.75, 3.05) is 0 Å². The molecule has 2 amide bonds. The Hall–Kier alpha value is -1.88. The van der Waals surface area contributed by atoms with Crippen molar-refractivity contribution in [2.45, 2.75) is 31.8 Å². The smallest absolute Gasteiger partial charge is 0.237 e. The van der Waals surface area contributed by atoms with E-state index >= 15 is 0 Å². The molecule has 5 N–H and O–H groups in total. The van der Waals surface area contributed by atoms with Gasteiger partial charge in [-0.1, -0.05) is 30.3 Å². The lowest BCUT2D eigenvalue weighted by molar-refractivity contribution is -0.123. The topological polar surface area (TPSA) is 98.2 Å². The van der Waals surface area contributed by atoms with E-state index in [0.29, 0.717) is 6.42 Å². The number of hydrogen-bond donors (Lipinski definition) is 3. The minimum absolute atomic E-state index is 0.115. The van der Waals surface area contributed by atoms with Gasteiger partial charge in [0.05, 0.1) is 6.04 Å². The molecule has 1 rings (SSSR count). The maximum atomic E-state index is 11.8. The number of hydrogen-bond acceptors (Lipinski definition) is 3. The normalized spacial score (nSPS) is 13.7. The van der Waals surface area contributed by atoms with Crippen molar-refractivity contribution in [1.29, 1.82) is 0 Å². The monoisotopic (exact) mass is 249 g/mol. The lowest BCUT2D eigenvalue weighted by atomic mass is 10.1. The zero-order valence-electron chi connectivity index (χ0n) is 10.4. The van der Waals surface area contributed by atoms with Gasteiger partial charge in [-0.15, -0.1) is 0 Å². The summed E-state index contributed by atoms with van der Waals surface area (Å²) in [5.41, 5.74) is 11.8. The number of benzene rings is 1. The van der Waals surface area contributed by atoms with Crippen LogP contribution in [0.5, 0.6) is 0 Å². The third kappa shape index (κ3) is 4.97. The predicted octanol–water partition coefficient (Wildman–Crippen LogP) is -0.0635. The zero-order chi connectivity index (χ0) is 13.5. The highest BCUT2D eigenvalue weighted by Crippen LogP contribution is 2.02. The molecule has 0 saturated heterocycles. The van der Waals surface area contributed by atoms with Crippen molar-refractivity contribution in [3.05, 3.63) is 35.9 Å². The molecule has 0 aliphatic heterocycles. The van der Waals surface area contributed by atoms with Crippen LogP contribution in [0, 0.1) is 0 Å². The van der Waals surface area contributed by atoms with Crippen LogP contribution in [-0.2, 0) is 16.0 Å². The van der Waals surface area contributed by atoms with E-state index in [1.807, 2.05) is 30.3 Å². The highest BCUT2D eigenvalue weighted by atomic mass is 16.2. The van der Waals surface area contributed by atoms with Crippen molar-refractivity contribution in [2.24, 2.45) is 11.5 Å². The molecule has 0 spiro atoms. The summed E-state index contributed by atoms with van der Waals surface area (Å²) in [5, 5.41) is 2.67. The van der Waals surface area contributed by atoms with Gasteiger partial charge in [0.25, 0.3) is 0 Å². The van der Waals surface area contributed by atoms with E-state index in [2.05, 4.69) is 5.32 Å². The number of nitrogens with two attached hydrogens (primary N) is 2. The van der Waals surface area contributed by atoms with E-state index in [1.165, 1.54) is 0 Å². The molecule has 98 valence electrons. The van der Waals surface area contributed by atoms with E-state index in [0.717, 1.165) is 5.56 Å². The van der Waals surface area contributed by atoms with Crippen molar-refractivity contribution in [3.63, 3.8) is 0 Å². The van der Waals surface area contributed by atoms with Gasteiger partial charge >= 0.3 is 0 Å². The van der Waals surface area contributed by atoms with Crippen LogP contribution < -0.4 is 16.8 Å². The third-order valence-electron chi connectivity index (χ3n) is 2.53. The summed E-state index contributed by atoms with van der Waals surface area (Å²) in [7, 11) is 0. The van der Waals surface area contributed by atoms with E-state index in [4.69, 9.17) is 11.5 Å². The molecule has 0 heterocycles. The number of amides is 2. The van der Waals surface area contributed by atoms with Crippen LogP contribution in [0.1, 0.15) is 18.9 Å². The summed E-state index contributed by atoms with van der Waals surface area (Å²) in [5.74, 6) is -0.716. The first-order valence-corrected chi connectivity index (χ1v) is 5.87. The lowest BCUT2D eigenvalue weighted by Crippen LogP contribution is -2.46. The molecule has 5 heteroatoms. The van der Waals surface area contributed by atoms with E-state index in [9.17, 15) is 9.59 Å². The van der Waals surface area contributed by atoms with Crippen LogP contribution in [0.25, 0.3) is 0 Å². The van der Waals surface area contributed by atoms with Crippen LogP contribution in [-0.4, -0.2) is 23.9 Å². The number of carbonyl (C=O) groups excluding carboxylic acids is 2. The minimum atomic E-state index is -0.622. The maximum Gasteiger partial charge on any atom is 0.237 e. The highest BCUT2D eigenvalue weighted by molar-refractivity contribution is 5.83. The van der Waals surface area contributed by atoms with Gasteiger partial charge in [-0.3, -0.25) is 9.59 Å². The van der Waals surface area contributed by atoms with Gasteiger partial charge in [-0.2, -0.15) is 0 Å². The molecule has 0 bridgehead atoms. The van der Waals surface area contributed by atoms with Crippen LogP contribution in [0.3, 0.4) is 0 Å². The van der Waals surface area contributed by atoms with E-state index in [1.54, 1.807) is 6.92 Å². The largest absolute Gasteiger partial charge is 0.370 e. The zero-order valence-corrected chi connectivity index (χ0v) is 10.4. The number of primary amides is 1. The fraction of sp³-hybridized carbons (Fsp3) is 0.385. The Kier molecular flexibility index (Phi) is 5.32. The Morgan fingerprint density at radius 3 is 2.44 bits per heavy atom. The van der Waals surface area contributed by atoms with Gasteiger partial charge in [0.15, 0.2) is 0 Å². The molecule has 0 aromatic heterocycles. The second kappa shape index (κ2) is 6.76. The quantitative estimate of drug-likeness (QED) is 0.658. The molecule has 0 aliphatic rings. The second-order valence-corrected chi connectivity index (χ2v) is 4.38. The van der Waals surface area contributed by atoms with Crippen molar-refractivity contribution >= 4 is 11.8 Å². The van der Waals surface area contributed by atoms with Crippen LogP contribution in [0.2, 0.25) is 0 Å². The number of nitrogens with one attached hydrogen (secondary N) is 1. The second-order valence-electron chi connectivity index (χ2n) is 4.38. The Morgan fingerprint density at radius 1 is 1.28 bits per heavy atom. The van der Waals surface area contributed by atoms with E-state index in [-0.39, 0.29) is 18.4 Å². The molecular weight excluding hydrogens is 230 g/mol. The summed E-state index contributed by atoms with van der Waals surface area (Å²) in [6.45, 7) is 1.72. The first-order valence-electron chi connectivity index (χ1n) is 5.87. The predicted molar refractivity (Wildman–Crippen MR) is 69.5 cm³/mol. The van der Waals surface area contributed by atoms with Gasteiger partial charge in [-0.25, -0.2) is 0 Å². The van der Waals surface area contributed by atoms with Gasteiger partial charge in [0.2, 0.25) is 11.8 Å². The Labute approximate surface area is 107 Å². The molecule has 0 radical (unpaired) electrons. The van der Waals surface area contributed by atoms with Gasteiger partial charge in [0, 0.05) is 12.5 Å². The summed E-state index contributed by atoms with van der Waals surface area (Å²) >= 11 is 0. The first kappa shape index (κ1) is 14.2. The number of carbonyl (C=O) groups is 2. The highest BCUT2D eigenvalue weighted by Gasteiger charge is 2.16.